The lowest BCUT2D eigenvalue weighted by Crippen LogP contribution is -2.19. The fourth-order valence-electron chi connectivity index (χ4n) is 1.67. The summed E-state index contributed by atoms with van der Waals surface area (Å²) in [6.07, 6.45) is 4.03. The van der Waals surface area contributed by atoms with Gasteiger partial charge in [0.2, 0.25) is 0 Å². The van der Waals surface area contributed by atoms with Gasteiger partial charge >= 0.3 is 6.03 Å². The van der Waals surface area contributed by atoms with Crippen LogP contribution < -0.4 is 10.6 Å². The molecule has 2 amide bonds. The second-order valence-electron chi connectivity index (χ2n) is 4.04. The van der Waals surface area contributed by atoms with E-state index in [0.717, 1.165) is 16.3 Å². The average Bonchev–Trinajstić information content (AvgIpc) is 2.48. The number of rotatable bonds is 4. The van der Waals surface area contributed by atoms with E-state index in [1.54, 1.807) is 23.5 Å². The van der Waals surface area contributed by atoms with Crippen molar-refractivity contribution in [3.05, 3.63) is 48.5 Å². The van der Waals surface area contributed by atoms with Crippen molar-refractivity contribution in [1.82, 2.24) is 0 Å². The van der Waals surface area contributed by atoms with Gasteiger partial charge in [-0.25, -0.2) is 4.79 Å². The Morgan fingerprint density at radius 2 is 1.50 bits per heavy atom. The molecule has 20 heavy (non-hydrogen) atoms. The molecular formula is C15H16N2OS2. The van der Waals surface area contributed by atoms with Crippen molar-refractivity contribution in [3.8, 4) is 0 Å². The molecule has 104 valence electrons. The number of nitrogens with one attached hydrogen (secondary N) is 2. The van der Waals surface area contributed by atoms with Gasteiger partial charge in [-0.3, -0.25) is 0 Å². The van der Waals surface area contributed by atoms with Gasteiger partial charge in [0.25, 0.3) is 0 Å². The molecule has 0 unspecified atom stereocenters. The van der Waals surface area contributed by atoms with Crippen LogP contribution in [-0.2, 0) is 0 Å². The van der Waals surface area contributed by atoms with Gasteiger partial charge < -0.3 is 10.6 Å². The summed E-state index contributed by atoms with van der Waals surface area (Å²) in [4.78, 5) is 14.2. The largest absolute Gasteiger partial charge is 0.323 e. The van der Waals surface area contributed by atoms with E-state index in [1.165, 1.54) is 4.90 Å². The molecule has 5 heteroatoms. The van der Waals surface area contributed by atoms with Crippen molar-refractivity contribution in [2.75, 3.05) is 23.1 Å². The molecule has 2 rings (SSSR count). The molecule has 0 atom stereocenters. The highest BCUT2D eigenvalue weighted by Gasteiger charge is 2.03. The van der Waals surface area contributed by atoms with Crippen molar-refractivity contribution < 1.29 is 4.79 Å². The maximum atomic E-state index is 11.9. The summed E-state index contributed by atoms with van der Waals surface area (Å²) < 4.78 is 0. The highest BCUT2D eigenvalue weighted by molar-refractivity contribution is 7.98. The maximum absolute atomic E-state index is 11.9. The topological polar surface area (TPSA) is 41.1 Å². The fraction of sp³-hybridized carbons (Fsp3) is 0.133. The Balaban J connectivity index is 1.97. The minimum Gasteiger partial charge on any atom is -0.308 e. The third kappa shape index (κ3) is 4.21. The van der Waals surface area contributed by atoms with Crippen LogP contribution in [0.1, 0.15) is 0 Å². The molecule has 0 spiro atoms. The first-order chi connectivity index (χ1) is 9.71. The van der Waals surface area contributed by atoms with Gasteiger partial charge in [-0.05, 0) is 55.0 Å². The minimum absolute atomic E-state index is 0.236. The summed E-state index contributed by atoms with van der Waals surface area (Å²) in [5, 5.41) is 5.64. The first kappa shape index (κ1) is 14.8. The minimum atomic E-state index is -0.236. The molecule has 3 nitrogen and oxygen atoms in total. The number of urea groups is 1. The normalized spacial score (nSPS) is 10.1. The summed E-state index contributed by atoms with van der Waals surface area (Å²) in [6.45, 7) is 0. The van der Waals surface area contributed by atoms with Crippen LogP contribution in [0.25, 0.3) is 0 Å². The van der Waals surface area contributed by atoms with E-state index >= 15 is 0 Å². The molecule has 0 aliphatic heterocycles. The van der Waals surface area contributed by atoms with Crippen LogP contribution in [0.3, 0.4) is 0 Å². The predicted molar refractivity (Wildman–Crippen MR) is 89.1 cm³/mol. The van der Waals surface area contributed by atoms with Gasteiger partial charge in [0.05, 0.1) is 0 Å². The van der Waals surface area contributed by atoms with Gasteiger partial charge in [-0.2, -0.15) is 0 Å². The highest BCUT2D eigenvalue weighted by atomic mass is 32.2. The number of thioether (sulfide) groups is 2. The zero-order valence-electron chi connectivity index (χ0n) is 11.3. The monoisotopic (exact) mass is 304 g/mol. The molecule has 0 aliphatic rings. The molecule has 0 aliphatic carbocycles. The number of carbonyl (C=O) groups excluding carboxylic acids is 1. The summed E-state index contributed by atoms with van der Waals surface area (Å²) in [5.74, 6) is 0. The molecule has 0 saturated heterocycles. The zero-order chi connectivity index (χ0) is 14.4. The van der Waals surface area contributed by atoms with Crippen molar-refractivity contribution >= 4 is 40.9 Å². The second-order valence-corrected chi connectivity index (χ2v) is 5.80. The summed E-state index contributed by atoms with van der Waals surface area (Å²) >= 11 is 3.32. The smallest absolute Gasteiger partial charge is 0.308 e. The quantitative estimate of drug-likeness (QED) is 0.799. The number of hydrogen-bond donors (Lipinski definition) is 2. The van der Waals surface area contributed by atoms with Gasteiger partial charge in [-0.15, -0.1) is 23.5 Å². The van der Waals surface area contributed by atoms with E-state index in [0.29, 0.717) is 0 Å². The number of hydrogen-bond acceptors (Lipinski definition) is 3. The second kappa shape index (κ2) is 7.26. The summed E-state index contributed by atoms with van der Waals surface area (Å²) in [5.41, 5.74) is 1.57. The van der Waals surface area contributed by atoms with E-state index in [4.69, 9.17) is 0 Å². The van der Waals surface area contributed by atoms with Crippen LogP contribution >= 0.6 is 23.5 Å². The molecule has 0 aromatic heterocycles. The van der Waals surface area contributed by atoms with Crippen LogP contribution in [0.4, 0.5) is 16.2 Å². The van der Waals surface area contributed by atoms with Gasteiger partial charge in [0.15, 0.2) is 0 Å². The standard InChI is InChI=1S/C15H16N2OS2/c1-19-13-8-6-11(7-9-13)16-15(18)17-12-4-3-5-14(10-12)20-2/h3-10H,1-2H3,(H2,16,17,18). The number of amides is 2. The van der Waals surface area contributed by atoms with E-state index < -0.39 is 0 Å². The molecule has 0 radical (unpaired) electrons. The van der Waals surface area contributed by atoms with Crippen LogP contribution in [-0.4, -0.2) is 18.5 Å². The predicted octanol–water partition coefficient (Wildman–Crippen LogP) is 4.77. The van der Waals surface area contributed by atoms with Crippen molar-refractivity contribution in [1.29, 1.82) is 0 Å². The molecule has 0 bridgehead atoms. The average molecular weight is 304 g/mol. The van der Waals surface area contributed by atoms with Gasteiger partial charge in [0, 0.05) is 21.2 Å². The Morgan fingerprint density at radius 1 is 0.850 bits per heavy atom. The lowest BCUT2D eigenvalue weighted by molar-refractivity contribution is 0.262. The molecule has 0 fully saturated rings. The Hall–Kier alpha value is -1.59. The van der Waals surface area contributed by atoms with Gasteiger partial charge in [-0.1, -0.05) is 6.07 Å². The number of carbonyl (C=O) groups is 1. The Morgan fingerprint density at radius 3 is 2.15 bits per heavy atom. The molecule has 0 saturated carbocycles. The summed E-state index contributed by atoms with van der Waals surface area (Å²) in [7, 11) is 0. The Labute approximate surface area is 127 Å². The Bertz CT molecular complexity index is 585. The van der Waals surface area contributed by atoms with Crippen molar-refractivity contribution in [3.63, 3.8) is 0 Å². The first-order valence-electron chi connectivity index (χ1n) is 6.07. The summed E-state index contributed by atoms with van der Waals surface area (Å²) in [6, 6.07) is 15.3. The first-order valence-corrected chi connectivity index (χ1v) is 8.52. The van der Waals surface area contributed by atoms with E-state index in [-0.39, 0.29) is 6.03 Å². The lowest BCUT2D eigenvalue weighted by Gasteiger charge is -2.08. The lowest BCUT2D eigenvalue weighted by atomic mass is 10.3. The van der Waals surface area contributed by atoms with Crippen LogP contribution in [0.2, 0.25) is 0 Å². The van der Waals surface area contributed by atoms with E-state index in [1.807, 2.05) is 61.0 Å². The van der Waals surface area contributed by atoms with Crippen molar-refractivity contribution in [2.45, 2.75) is 9.79 Å². The highest BCUT2D eigenvalue weighted by Crippen LogP contribution is 2.20. The van der Waals surface area contributed by atoms with Crippen LogP contribution in [0, 0.1) is 0 Å². The molecule has 2 aromatic carbocycles. The van der Waals surface area contributed by atoms with Crippen molar-refractivity contribution in [2.24, 2.45) is 0 Å². The zero-order valence-corrected chi connectivity index (χ0v) is 13.0. The molecule has 0 heterocycles. The third-order valence-electron chi connectivity index (χ3n) is 2.68. The van der Waals surface area contributed by atoms with E-state index in [2.05, 4.69) is 10.6 Å². The molecular weight excluding hydrogens is 288 g/mol. The molecule has 2 aromatic rings. The third-order valence-corrected chi connectivity index (χ3v) is 4.14. The fourth-order valence-corrected chi connectivity index (χ4v) is 2.54. The van der Waals surface area contributed by atoms with E-state index in [9.17, 15) is 4.79 Å². The van der Waals surface area contributed by atoms with Crippen LogP contribution in [0.5, 0.6) is 0 Å². The Kier molecular flexibility index (Phi) is 5.38. The maximum Gasteiger partial charge on any atom is 0.323 e. The van der Waals surface area contributed by atoms with Gasteiger partial charge in [0.1, 0.15) is 0 Å². The van der Waals surface area contributed by atoms with Crippen LogP contribution in [0.15, 0.2) is 58.3 Å². The SMILES string of the molecule is CSc1ccc(NC(=O)Nc2cccc(SC)c2)cc1. The molecule has 2 N–H and O–H groups in total. The number of anilines is 2. The number of benzene rings is 2.